The molecule has 0 saturated carbocycles. The summed E-state index contributed by atoms with van der Waals surface area (Å²) in [7, 11) is 0. The van der Waals surface area contributed by atoms with Gasteiger partial charge < -0.3 is 20.1 Å². The molecular formula is C15H17N3O6. The lowest BCUT2D eigenvalue weighted by atomic mass is 10.1. The third-order valence-corrected chi connectivity index (χ3v) is 3.93. The van der Waals surface area contributed by atoms with Crippen LogP contribution in [0.4, 0.5) is 0 Å². The highest BCUT2D eigenvalue weighted by atomic mass is 16.6. The predicted molar refractivity (Wildman–Crippen MR) is 81.3 cm³/mol. The van der Waals surface area contributed by atoms with Gasteiger partial charge in [0, 0.05) is 18.5 Å². The highest BCUT2D eigenvalue weighted by molar-refractivity contribution is 5.05. The molecular weight excluding hydrogens is 318 g/mol. The quantitative estimate of drug-likeness (QED) is 0.593. The molecule has 0 radical (unpaired) electrons. The first-order valence-electron chi connectivity index (χ1n) is 7.37. The second kappa shape index (κ2) is 6.65. The van der Waals surface area contributed by atoms with Gasteiger partial charge in [0.2, 0.25) is 0 Å². The summed E-state index contributed by atoms with van der Waals surface area (Å²) in [5, 5.41) is 29.0. The lowest BCUT2D eigenvalue weighted by molar-refractivity contribution is -0.0555. The first-order chi connectivity index (χ1) is 11.5. The molecule has 1 aliphatic rings. The molecule has 0 aromatic carbocycles. The summed E-state index contributed by atoms with van der Waals surface area (Å²) in [4.78, 5) is 28.7. The zero-order chi connectivity index (χ0) is 17.3. The van der Waals surface area contributed by atoms with Crippen LogP contribution >= 0.6 is 0 Å². The van der Waals surface area contributed by atoms with Gasteiger partial charge in [-0.1, -0.05) is 6.07 Å². The van der Waals surface area contributed by atoms with Crippen molar-refractivity contribution in [1.29, 1.82) is 0 Å². The summed E-state index contributed by atoms with van der Waals surface area (Å²) in [6.07, 6.45) is -2.19. The van der Waals surface area contributed by atoms with Crippen molar-refractivity contribution in [2.24, 2.45) is 0 Å². The molecule has 0 bridgehead atoms. The van der Waals surface area contributed by atoms with E-state index in [-0.39, 0.29) is 6.54 Å². The Hall–Kier alpha value is -2.33. The molecule has 24 heavy (non-hydrogen) atoms. The Morgan fingerprint density at radius 1 is 1.17 bits per heavy atom. The normalized spacial score (nSPS) is 26.6. The molecule has 1 fully saturated rings. The van der Waals surface area contributed by atoms with Crippen molar-refractivity contribution in [3.05, 3.63) is 63.2 Å². The fourth-order valence-corrected chi connectivity index (χ4v) is 2.63. The third kappa shape index (κ3) is 2.89. The lowest BCUT2D eigenvalue weighted by Gasteiger charge is -2.18. The van der Waals surface area contributed by atoms with Crippen LogP contribution in [0.25, 0.3) is 0 Å². The van der Waals surface area contributed by atoms with Crippen LogP contribution in [0.2, 0.25) is 0 Å². The number of pyridine rings is 1. The maximum atomic E-state index is 12.6. The molecule has 3 rings (SSSR count). The highest BCUT2D eigenvalue weighted by Crippen LogP contribution is 2.27. The third-order valence-electron chi connectivity index (χ3n) is 3.93. The van der Waals surface area contributed by atoms with Gasteiger partial charge in [-0.15, -0.1) is 0 Å². The Balaban J connectivity index is 1.98. The number of ether oxygens (including phenoxy) is 1. The Kier molecular flexibility index (Phi) is 4.58. The van der Waals surface area contributed by atoms with Crippen LogP contribution in [0.5, 0.6) is 0 Å². The van der Waals surface area contributed by atoms with Gasteiger partial charge in [-0.2, -0.15) is 0 Å². The lowest BCUT2D eigenvalue weighted by Crippen LogP contribution is -2.43. The highest BCUT2D eigenvalue weighted by Gasteiger charge is 2.43. The van der Waals surface area contributed by atoms with Gasteiger partial charge in [0.15, 0.2) is 6.23 Å². The Morgan fingerprint density at radius 2 is 1.96 bits per heavy atom. The minimum Gasteiger partial charge on any atom is -0.394 e. The number of nitrogens with zero attached hydrogens (tertiary/aromatic N) is 3. The van der Waals surface area contributed by atoms with E-state index in [4.69, 9.17) is 9.84 Å². The maximum Gasteiger partial charge on any atom is 0.333 e. The van der Waals surface area contributed by atoms with Gasteiger partial charge in [0.25, 0.3) is 5.56 Å². The van der Waals surface area contributed by atoms with Crippen molar-refractivity contribution in [3.63, 3.8) is 0 Å². The Labute approximate surface area is 136 Å². The maximum absolute atomic E-state index is 12.6. The van der Waals surface area contributed by atoms with Crippen LogP contribution in [0.1, 0.15) is 11.9 Å². The number of rotatable bonds is 4. The molecule has 0 amide bonds. The van der Waals surface area contributed by atoms with E-state index in [1.807, 2.05) is 0 Å². The molecule has 0 aliphatic carbocycles. The van der Waals surface area contributed by atoms with Gasteiger partial charge in [-0.25, -0.2) is 4.79 Å². The molecule has 2 aromatic rings. The minimum atomic E-state index is -1.40. The van der Waals surface area contributed by atoms with Gasteiger partial charge in [-0.05, 0) is 12.1 Å². The fraction of sp³-hybridized carbons (Fsp3) is 0.400. The number of aromatic nitrogens is 3. The molecule has 9 nitrogen and oxygen atoms in total. The molecule has 9 heteroatoms. The molecule has 0 spiro atoms. The van der Waals surface area contributed by atoms with E-state index in [1.165, 1.54) is 12.3 Å². The number of aliphatic hydroxyl groups is 3. The smallest absolute Gasteiger partial charge is 0.333 e. The van der Waals surface area contributed by atoms with Crippen LogP contribution in [-0.4, -0.2) is 54.4 Å². The van der Waals surface area contributed by atoms with Crippen molar-refractivity contribution in [3.8, 4) is 0 Å². The average Bonchev–Trinajstić information content (AvgIpc) is 2.88. The van der Waals surface area contributed by atoms with Gasteiger partial charge in [-0.3, -0.25) is 18.9 Å². The average molecular weight is 335 g/mol. The van der Waals surface area contributed by atoms with E-state index in [0.29, 0.717) is 5.69 Å². The van der Waals surface area contributed by atoms with Crippen molar-refractivity contribution in [1.82, 2.24) is 14.1 Å². The summed E-state index contributed by atoms with van der Waals surface area (Å²) in [6, 6.07) is 6.30. The SMILES string of the molecule is O=c1ccn([C@@H]2O[C@H](CO)[C@@H](O)[C@H]2O)c(=O)n1Cc1ccccn1. The molecule has 2 aromatic heterocycles. The Morgan fingerprint density at radius 3 is 2.58 bits per heavy atom. The summed E-state index contributed by atoms with van der Waals surface area (Å²) >= 11 is 0. The topological polar surface area (TPSA) is 127 Å². The van der Waals surface area contributed by atoms with Crippen LogP contribution in [0.15, 0.2) is 46.2 Å². The number of hydrogen-bond donors (Lipinski definition) is 3. The van der Waals surface area contributed by atoms with Crippen LogP contribution in [0.3, 0.4) is 0 Å². The predicted octanol–water partition coefficient (Wildman–Crippen LogP) is -1.94. The first-order valence-corrected chi connectivity index (χ1v) is 7.37. The molecule has 3 N–H and O–H groups in total. The van der Waals surface area contributed by atoms with E-state index in [2.05, 4.69) is 4.98 Å². The van der Waals surface area contributed by atoms with E-state index in [1.54, 1.807) is 24.4 Å². The number of aliphatic hydroxyl groups excluding tert-OH is 3. The molecule has 3 heterocycles. The second-order valence-electron chi connectivity index (χ2n) is 5.48. The molecule has 4 atom stereocenters. The summed E-state index contributed by atoms with van der Waals surface area (Å²) in [5.74, 6) is 0. The second-order valence-corrected chi connectivity index (χ2v) is 5.48. The van der Waals surface area contributed by atoms with Crippen LogP contribution < -0.4 is 11.2 Å². The van der Waals surface area contributed by atoms with Crippen molar-refractivity contribution >= 4 is 0 Å². The number of hydrogen-bond acceptors (Lipinski definition) is 7. The summed E-state index contributed by atoms with van der Waals surface area (Å²) < 4.78 is 7.31. The van der Waals surface area contributed by atoms with Crippen LogP contribution in [0, 0.1) is 0 Å². The van der Waals surface area contributed by atoms with E-state index in [0.717, 1.165) is 9.13 Å². The standard InChI is InChI=1S/C15H17N3O6/c19-8-10-12(21)13(22)14(24-10)17-6-4-11(20)18(15(17)23)7-9-3-1-2-5-16-9/h1-6,10,12-14,19,21-22H,7-8H2/t10-,12-,13-,14-/m1/s1. The summed E-state index contributed by atoms with van der Waals surface area (Å²) in [5.41, 5.74) is -0.702. The molecule has 1 saturated heterocycles. The molecule has 1 aliphatic heterocycles. The van der Waals surface area contributed by atoms with Gasteiger partial charge >= 0.3 is 5.69 Å². The molecule has 0 unspecified atom stereocenters. The Bertz CT molecular complexity index is 818. The monoisotopic (exact) mass is 335 g/mol. The van der Waals surface area contributed by atoms with Crippen molar-refractivity contribution in [2.45, 2.75) is 31.1 Å². The van der Waals surface area contributed by atoms with Gasteiger partial charge in [0.05, 0.1) is 18.8 Å². The van der Waals surface area contributed by atoms with Crippen molar-refractivity contribution < 1.29 is 20.1 Å². The van der Waals surface area contributed by atoms with E-state index < -0.39 is 42.4 Å². The molecule has 128 valence electrons. The summed E-state index contributed by atoms with van der Waals surface area (Å²) in [6.45, 7) is -0.537. The van der Waals surface area contributed by atoms with E-state index >= 15 is 0 Å². The van der Waals surface area contributed by atoms with Crippen molar-refractivity contribution in [2.75, 3.05) is 6.61 Å². The zero-order valence-corrected chi connectivity index (χ0v) is 12.6. The van der Waals surface area contributed by atoms with E-state index in [9.17, 15) is 19.8 Å². The zero-order valence-electron chi connectivity index (χ0n) is 12.6. The first kappa shape index (κ1) is 16.5. The minimum absolute atomic E-state index is 0.0336. The van der Waals surface area contributed by atoms with Crippen LogP contribution in [-0.2, 0) is 11.3 Å². The largest absolute Gasteiger partial charge is 0.394 e. The fourth-order valence-electron chi connectivity index (χ4n) is 2.63. The van der Waals surface area contributed by atoms with Gasteiger partial charge in [0.1, 0.15) is 18.3 Å².